The molecule has 0 saturated carbocycles. The predicted octanol–water partition coefficient (Wildman–Crippen LogP) is 0.780. The molecule has 1 aliphatic heterocycles. The average molecular weight is 289 g/mol. The summed E-state index contributed by atoms with van der Waals surface area (Å²) in [6, 6.07) is 5.01. The van der Waals surface area contributed by atoms with Crippen LogP contribution in [0.1, 0.15) is 27.7 Å². The van der Waals surface area contributed by atoms with Crippen LogP contribution in [-0.2, 0) is 9.31 Å². The first kappa shape index (κ1) is 14.1. The lowest BCUT2D eigenvalue weighted by atomic mass is 9.79. The number of aromatic amines is 1. The average Bonchev–Trinajstić information content (AvgIpc) is 2.57. The van der Waals surface area contributed by atoms with Crippen molar-refractivity contribution in [2.75, 3.05) is 0 Å². The van der Waals surface area contributed by atoms with Gasteiger partial charge in [0.25, 0.3) is 0 Å². The molecule has 0 amide bonds. The molecule has 3 rings (SSSR count). The summed E-state index contributed by atoms with van der Waals surface area (Å²) in [6.45, 7) is 7.85. The topological polar surface area (TPSA) is 81.5 Å². The Hall–Kier alpha value is -1.86. The molecule has 1 aliphatic rings. The van der Waals surface area contributed by atoms with Crippen molar-refractivity contribution in [2.45, 2.75) is 38.9 Å². The van der Waals surface area contributed by atoms with Crippen LogP contribution in [-0.4, -0.2) is 23.3 Å². The number of aromatic nitrogens is 1. The minimum atomic E-state index is -0.779. The molecule has 110 valence electrons. The number of hydrogen-bond donors (Lipinski definition) is 1. The van der Waals surface area contributed by atoms with E-state index in [4.69, 9.17) is 9.31 Å². The molecule has 7 heteroatoms. The first-order valence-electron chi connectivity index (χ1n) is 6.72. The molecule has 6 nitrogen and oxygen atoms in total. The zero-order chi connectivity index (χ0) is 15.4. The van der Waals surface area contributed by atoms with Crippen molar-refractivity contribution in [3.63, 3.8) is 0 Å². The van der Waals surface area contributed by atoms with Crippen LogP contribution >= 0.6 is 0 Å². The summed E-state index contributed by atoms with van der Waals surface area (Å²) in [5, 5.41) is 0.315. The summed E-state index contributed by atoms with van der Waals surface area (Å²) in [4.78, 5) is 25.3. The van der Waals surface area contributed by atoms with E-state index in [1.165, 1.54) is 0 Å². The van der Waals surface area contributed by atoms with E-state index >= 15 is 0 Å². The summed E-state index contributed by atoms with van der Waals surface area (Å²) in [5.41, 5.74) is -0.411. The van der Waals surface area contributed by atoms with Crippen molar-refractivity contribution in [1.29, 1.82) is 0 Å². The van der Waals surface area contributed by atoms with Crippen LogP contribution in [0.15, 0.2) is 32.2 Å². The molecule has 0 bridgehead atoms. The van der Waals surface area contributed by atoms with Crippen molar-refractivity contribution in [3.05, 3.63) is 39.2 Å². The molecule has 2 aromatic rings. The number of nitrogens with one attached hydrogen (secondary N) is 1. The van der Waals surface area contributed by atoms with Gasteiger partial charge in [-0.15, -0.1) is 0 Å². The lowest BCUT2D eigenvalue weighted by Gasteiger charge is -2.32. The third kappa shape index (κ3) is 2.22. The normalized spacial score (nSPS) is 20.1. The van der Waals surface area contributed by atoms with Gasteiger partial charge in [0.1, 0.15) is 0 Å². The van der Waals surface area contributed by atoms with E-state index in [9.17, 15) is 9.59 Å². The molecule has 2 heterocycles. The fourth-order valence-corrected chi connectivity index (χ4v) is 2.24. The molecular weight excluding hydrogens is 273 g/mol. The number of hydrogen-bond acceptors (Lipinski definition) is 5. The van der Waals surface area contributed by atoms with Crippen molar-refractivity contribution < 1.29 is 13.7 Å². The first-order chi connectivity index (χ1) is 9.69. The highest BCUT2D eigenvalue weighted by Crippen LogP contribution is 2.36. The van der Waals surface area contributed by atoms with Crippen LogP contribution in [0.4, 0.5) is 0 Å². The minimum Gasteiger partial charge on any atom is -0.399 e. The maximum atomic E-state index is 11.6. The van der Waals surface area contributed by atoms with Gasteiger partial charge in [0, 0.05) is 0 Å². The smallest absolute Gasteiger partial charge is 0.399 e. The third-order valence-corrected chi connectivity index (χ3v) is 4.21. The van der Waals surface area contributed by atoms with E-state index in [0.717, 1.165) is 5.46 Å². The van der Waals surface area contributed by atoms with Crippen molar-refractivity contribution >= 4 is 23.5 Å². The Balaban J connectivity index is 2.07. The van der Waals surface area contributed by atoms with Crippen LogP contribution in [0, 0.1) is 0 Å². The van der Waals surface area contributed by atoms with Crippen LogP contribution < -0.4 is 16.8 Å². The summed E-state index contributed by atoms with van der Waals surface area (Å²) >= 11 is 0. The standard InChI is InChI=1S/C14H16BNO5/c1-13(2)14(3,4)21-15(20-13)8-5-6-9-10(7-8)16-12(18)19-11(9)17/h5-7H,1-4H3,(H,16,18). The zero-order valence-corrected chi connectivity index (χ0v) is 12.4. The van der Waals surface area contributed by atoms with E-state index in [2.05, 4.69) is 9.40 Å². The molecule has 1 aromatic heterocycles. The number of rotatable bonds is 1. The minimum absolute atomic E-state index is 0.315. The molecule has 0 aliphatic carbocycles. The van der Waals surface area contributed by atoms with E-state index in [0.29, 0.717) is 10.9 Å². The van der Waals surface area contributed by atoms with Gasteiger partial charge in [0.15, 0.2) is 0 Å². The third-order valence-electron chi connectivity index (χ3n) is 4.21. The largest absolute Gasteiger partial charge is 0.494 e. The Kier molecular flexibility index (Phi) is 2.90. The van der Waals surface area contributed by atoms with Crippen molar-refractivity contribution in [1.82, 2.24) is 4.98 Å². The fourth-order valence-electron chi connectivity index (χ4n) is 2.24. The van der Waals surface area contributed by atoms with Gasteiger partial charge >= 0.3 is 18.5 Å². The summed E-state index contributed by atoms with van der Waals surface area (Å²) in [6.07, 6.45) is 0. The predicted molar refractivity (Wildman–Crippen MR) is 78.8 cm³/mol. The Bertz CT molecular complexity index is 804. The lowest BCUT2D eigenvalue weighted by molar-refractivity contribution is 0.00578. The van der Waals surface area contributed by atoms with Gasteiger partial charge in [-0.2, -0.15) is 0 Å². The zero-order valence-electron chi connectivity index (χ0n) is 12.4. The second-order valence-electron chi connectivity index (χ2n) is 6.20. The van der Waals surface area contributed by atoms with Crippen molar-refractivity contribution in [2.24, 2.45) is 0 Å². The second kappa shape index (κ2) is 4.32. The van der Waals surface area contributed by atoms with Gasteiger partial charge in [0.2, 0.25) is 0 Å². The summed E-state index contributed by atoms with van der Waals surface area (Å²) < 4.78 is 16.4. The van der Waals surface area contributed by atoms with Gasteiger partial charge in [0.05, 0.1) is 22.1 Å². The molecule has 1 aromatic carbocycles. The SMILES string of the molecule is CC1(C)OB(c2ccc3c(=O)oc(=O)[nH]c3c2)OC1(C)C. The lowest BCUT2D eigenvalue weighted by Crippen LogP contribution is -2.41. The maximum Gasteiger partial charge on any atom is 0.494 e. The quantitative estimate of drug-likeness (QED) is 0.785. The molecule has 0 unspecified atom stereocenters. The van der Waals surface area contributed by atoms with Crippen molar-refractivity contribution in [3.8, 4) is 0 Å². The molecule has 1 N–H and O–H groups in total. The molecular formula is C14H16BNO5. The van der Waals surface area contributed by atoms with Gasteiger partial charge in [-0.1, -0.05) is 6.07 Å². The number of fused-ring (bicyclic) bond motifs is 1. The molecule has 0 atom stereocenters. The Morgan fingerprint density at radius 1 is 1.05 bits per heavy atom. The Morgan fingerprint density at radius 3 is 2.29 bits per heavy atom. The van der Waals surface area contributed by atoms with E-state index in [1.807, 2.05) is 27.7 Å². The first-order valence-corrected chi connectivity index (χ1v) is 6.72. The maximum absolute atomic E-state index is 11.6. The van der Waals surface area contributed by atoms with Gasteiger partial charge in [-0.05, 0) is 45.3 Å². The summed E-state index contributed by atoms with van der Waals surface area (Å²) in [7, 11) is -0.546. The van der Waals surface area contributed by atoms with Gasteiger partial charge < -0.3 is 13.7 Å². The molecule has 0 radical (unpaired) electrons. The van der Waals surface area contributed by atoms with E-state index < -0.39 is 29.7 Å². The Labute approximate surface area is 121 Å². The highest BCUT2D eigenvalue weighted by atomic mass is 16.7. The van der Waals surface area contributed by atoms with Crippen LogP contribution in [0.3, 0.4) is 0 Å². The summed E-state index contributed by atoms with van der Waals surface area (Å²) in [5.74, 6) is -0.779. The van der Waals surface area contributed by atoms with E-state index in [1.54, 1.807) is 18.2 Å². The monoisotopic (exact) mass is 289 g/mol. The number of H-pyrrole nitrogens is 1. The van der Waals surface area contributed by atoms with E-state index in [-0.39, 0.29) is 0 Å². The highest BCUT2D eigenvalue weighted by molar-refractivity contribution is 6.62. The molecule has 0 spiro atoms. The second-order valence-corrected chi connectivity index (χ2v) is 6.20. The molecule has 1 saturated heterocycles. The van der Waals surface area contributed by atoms with Gasteiger partial charge in [-0.3, -0.25) is 4.98 Å². The van der Waals surface area contributed by atoms with Crippen LogP contribution in [0.5, 0.6) is 0 Å². The van der Waals surface area contributed by atoms with Crippen LogP contribution in [0.25, 0.3) is 10.9 Å². The highest BCUT2D eigenvalue weighted by Gasteiger charge is 2.51. The number of benzene rings is 1. The molecule has 1 fully saturated rings. The Morgan fingerprint density at radius 2 is 1.67 bits per heavy atom. The fraction of sp³-hybridized carbons (Fsp3) is 0.429. The van der Waals surface area contributed by atoms with Gasteiger partial charge in [-0.25, -0.2) is 9.59 Å². The molecule has 21 heavy (non-hydrogen) atoms. The van der Waals surface area contributed by atoms with Crippen LogP contribution in [0.2, 0.25) is 0 Å².